The van der Waals surface area contributed by atoms with Crippen molar-refractivity contribution in [3.63, 3.8) is 0 Å². The van der Waals surface area contributed by atoms with Gasteiger partial charge in [0.25, 0.3) is 0 Å². The van der Waals surface area contributed by atoms with Crippen LogP contribution in [0.2, 0.25) is 0 Å². The summed E-state index contributed by atoms with van der Waals surface area (Å²) >= 11 is 0. The zero-order valence-corrected chi connectivity index (χ0v) is 43.2. The molecule has 0 rings (SSSR count). The number of carbonyl (C=O) groups is 1. The second-order valence-corrected chi connectivity index (χ2v) is 20.4. The minimum Gasteiger partial charge on any atom is -0.457 e. The molecule has 0 saturated heterocycles. The zero-order valence-electron chi connectivity index (χ0n) is 42.3. The van der Waals surface area contributed by atoms with E-state index < -0.39 is 33.2 Å². The predicted molar refractivity (Wildman–Crippen MR) is 270 cm³/mol. The Balaban J connectivity index is 3.99. The first kappa shape index (κ1) is 63.2. The van der Waals surface area contributed by atoms with E-state index in [0.717, 1.165) is 32.1 Å². The van der Waals surface area contributed by atoms with Gasteiger partial charge < -0.3 is 24.6 Å². The van der Waals surface area contributed by atoms with Crippen molar-refractivity contribution in [2.24, 2.45) is 0 Å². The van der Waals surface area contributed by atoms with Crippen molar-refractivity contribution >= 4 is 13.8 Å². The van der Waals surface area contributed by atoms with Gasteiger partial charge in [0.05, 0.1) is 26.4 Å². The van der Waals surface area contributed by atoms with Crippen molar-refractivity contribution < 1.29 is 43.0 Å². The highest BCUT2D eigenvalue weighted by Crippen LogP contribution is 2.43. The first-order valence-corrected chi connectivity index (χ1v) is 29.2. The lowest BCUT2D eigenvalue weighted by Crippen LogP contribution is -2.29. The number of rotatable bonds is 54. The van der Waals surface area contributed by atoms with Crippen LogP contribution in [-0.2, 0) is 27.9 Å². The molecule has 0 radical (unpaired) electrons. The number of ether oxygens (including phenoxy) is 2. The van der Waals surface area contributed by atoms with Crippen LogP contribution in [0.3, 0.4) is 0 Å². The van der Waals surface area contributed by atoms with Gasteiger partial charge in [-0.15, -0.1) is 0 Å². The highest BCUT2D eigenvalue weighted by atomic mass is 31.2. The average Bonchev–Trinajstić information content (AvgIpc) is 3.29. The van der Waals surface area contributed by atoms with Gasteiger partial charge in [-0.2, -0.15) is 0 Å². The molecule has 64 heavy (non-hydrogen) atoms. The largest absolute Gasteiger partial charge is 0.472 e. The molecule has 0 aromatic heterocycles. The van der Waals surface area contributed by atoms with Gasteiger partial charge in [0.1, 0.15) is 12.2 Å². The minimum atomic E-state index is -4.52. The fraction of sp³-hybridized carbons (Fsp3) is 0.944. The lowest BCUT2D eigenvalue weighted by atomic mass is 10.0. The Hall–Kier alpha value is -0.800. The van der Waals surface area contributed by atoms with E-state index in [9.17, 15) is 19.4 Å². The molecule has 10 heteroatoms. The molecule has 0 fully saturated rings. The third-order valence-electron chi connectivity index (χ3n) is 12.5. The topological polar surface area (TPSA) is 132 Å². The van der Waals surface area contributed by atoms with E-state index in [1.54, 1.807) is 0 Å². The van der Waals surface area contributed by atoms with Gasteiger partial charge in [0.15, 0.2) is 0 Å². The molecule has 0 aliphatic rings. The molecule has 3 atom stereocenters. The smallest absolute Gasteiger partial charge is 0.457 e. The van der Waals surface area contributed by atoms with Crippen molar-refractivity contribution in [3.8, 4) is 0 Å². The number of esters is 1. The number of carbonyl (C=O) groups excluding carboxylic acids is 1. The Morgan fingerprint density at radius 1 is 0.469 bits per heavy atom. The minimum absolute atomic E-state index is 0.0554. The summed E-state index contributed by atoms with van der Waals surface area (Å²) in [5, 5.41) is 18.4. The second kappa shape index (κ2) is 51.6. The van der Waals surface area contributed by atoms with Crippen LogP contribution >= 0.6 is 7.82 Å². The van der Waals surface area contributed by atoms with Crippen molar-refractivity contribution in [1.82, 2.24) is 0 Å². The summed E-state index contributed by atoms with van der Waals surface area (Å²) in [6, 6.07) is 0. The molecule has 0 saturated carbocycles. The number of unbranched alkanes of at least 4 members (excludes halogenated alkanes) is 38. The maximum Gasteiger partial charge on any atom is 0.472 e. The normalized spacial score (nSPS) is 13.8. The van der Waals surface area contributed by atoms with Crippen LogP contribution in [0.5, 0.6) is 0 Å². The molecule has 0 bridgehead atoms. The van der Waals surface area contributed by atoms with E-state index in [1.807, 2.05) is 0 Å². The van der Waals surface area contributed by atoms with Gasteiger partial charge in [-0.25, -0.2) is 4.57 Å². The average molecular weight is 931 g/mol. The molecule has 0 aliphatic carbocycles. The van der Waals surface area contributed by atoms with E-state index in [2.05, 4.69) is 26.0 Å². The Morgan fingerprint density at radius 2 is 0.797 bits per heavy atom. The quantitative estimate of drug-likeness (QED) is 0.0236. The van der Waals surface area contributed by atoms with Crippen LogP contribution in [0.1, 0.15) is 284 Å². The first-order valence-electron chi connectivity index (χ1n) is 27.7. The Bertz CT molecular complexity index is 1010. The van der Waals surface area contributed by atoms with Crippen molar-refractivity contribution in [3.05, 3.63) is 12.2 Å². The van der Waals surface area contributed by atoms with Gasteiger partial charge in [0, 0.05) is 13.0 Å². The molecule has 0 aliphatic heterocycles. The number of hydrogen-bond donors (Lipinski definition) is 3. The number of aliphatic hydroxyl groups is 2. The molecule has 3 unspecified atom stereocenters. The fourth-order valence-corrected chi connectivity index (χ4v) is 9.03. The van der Waals surface area contributed by atoms with E-state index >= 15 is 0 Å². The lowest BCUT2D eigenvalue weighted by molar-refractivity contribution is -0.154. The van der Waals surface area contributed by atoms with Crippen LogP contribution < -0.4 is 0 Å². The van der Waals surface area contributed by atoms with Gasteiger partial charge >= 0.3 is 13.8 Å². The Morgan fingerprint density at radius 3 is 1.17 bits per heavy atom. The summed E-state index contributed by atoms with van der Waals surface area (Å²) in [7, 11) is -4.52. The molecular formula is C54H107O9P. The van der Waals surface area contributed by atoms with Gasteiger partial charge in [0.2, 0.25) is 0 Å². The summed E-state index contributed by atoms with van der Waals surface area (Å²) in [4.78, 5) is 22.7. The number of phosphoric acid groups is 1. The number of aliphatic hydroxyl groups excluding tert-OH is 2. The van der Waals surface area contributed by atoms with E-state index in [4.69, 9.17) is 23.6 Å². The molecule has 0 aromatic carbocycles. The SMILES string of the molecule is CCCCCCCCCC/C=C\CCCCCCCCCCCC(=O)OC(COCCCCCCCCCCCCCCCCCCCCCCCC)COP(=O)(O)OCC(O)CO. The van der Waals surface area contributed by atoms with Crippen molar-refractivity contribution in [2.45, 2.75) is 296 Å². The highest BCUT2D eigenvalue weighted by Gasteiger charge is 2.26. The standard InChI is InChI=1S/C54H107O9P/c1-3-5-7-9-11-13-15-17-19-21-23-25-27-29-31-33-35-37-39-41-43-45-47-60-50-53(51-62-64(58,59)61-49-52(56)48-55)63-54(57)46-44-42-40-38-36-34-32-30-28-26-24-22-20-18-16-14-12-10-8-6-4-2/h22,24,52-53,55-56H,3-21,23,25-51H2,1-2H3,(H,58,59)/b24-22-. The van der Waals surface area contributed by atoms with Gasteiger partial charge in [-0.05, 0) is 38.5 Å². The fourth-order valence-electron chi connectivity index (χ4n) is 8.24. The third-order valence-corrected chi connectivity index (χ3v) is 13.4. The van der Waals surface area contributed by atoms with Crippen LogP contribution in [0.4, 0.5) is 0 Å². The van der Waals surface area contributed by atoms with Crippen LogP contribution in [-0.4, -0.2) is 66.3 Å². The first-order chi connectivity index (χ1) is 31.3. The van der Waals surface area contributed by atoms with E-state index in [0.29, 0.717) is 6.61 Å². The van der Waals surface area contributed by atoms with E-state index in [1.165, 1.54) is 231 Å². The molecule has 0 spiro atoms. The van der Waals surface area contributed by atoms with Crippen LogP contribution in [0, 0.1) is 0 Å². The number of phosphoric ester groups is 1. The Kier molecular flexibility index (Phi) is 50.9. The van der Waals surface area contributed by atoms with Crippen LogP contribution in [0.25, 0.3) is 0 Å². The van der Waals surface area contributed by atoms with Crippen molar-refractivity contribution in [1.29, 1.82) is 0 Å². The van der Waals surface area contributed by atoms with Gasteiger partial charge in [-0.3, -0.25) is 13.8 Å². The lowest BCUT2D eigenvalue weighted by Gasteiger charge is -2.20. The summed E-state index contributed by atoms with van der Waals surface area (Å²) in [6.45, 7) is 3.60. The molecule has 9 nitrogen and oxygen atoms in total. The summed E-state index contributed by atoms with van der Waals surface area (Å²) in [5.74, 6) is -0.377. The van der Waals surface area contributed by atoms with Crippen LogP contribution in [0.15, 0.2) is 12.2 Å². The number of allylic oxidation sites excluding steroid dienone is 2. The predicted octanol–water partition coefficient (Wildman–Crippen LogP) is 16.4. The molecule has 0 heterocycles. The summed E-state index contributed by atoms with van der Waals surface area (Å²) in [5.41, 5.74) is 0. The molecule has 0 aromatic rings. The maximum atomic E-state index is 12.7. The molecular weight excluding hydrogens is 824 g/mol. The maximum absolute atomic E-state index is 12.7. The van der Waals surface area contributed by atoms with Gasteiger partial charge in [-0.1, -0.05) is 251 Å². The zero-order chi connectivity index (χ0) is 46.7. The monoisotopic (exact) mass is 931 g/mol. The number of hydrogen-bond acceptors (Lipinski definition) is 8. The van der Waals surface area contributed by atoms with E-state index in [-0.39, 0.29) is 25.6 Å². The molecule has 0 amide bonds. The summed E-state index contributed by atoms with van der Waals surface area (Å²) in [6.07, 6.45) is 56.2. The highest BCUT2D eigenvalue weighted by molar-refractivity contribution is 7.47. The third kappa shape index (κ3) is 50.6. The molecule has 382 valence electrons. The summed E-state index contributed by atoms with van der Waals surface area (Å²) < 4.78 is 33.6. The molecule has 3 N–H and O–H groups in total. The Labute approximate surface area is 396 Å². The second-order valence-electron chi connectivity index (χ2n) is 19.0. The van der Waals surface area contributed by atoms with Crippen molar-refractivity contribution in [2.75, 3.05) is 33.0 Å².